The molecule has 0 N–H and O–H groups in total. The summed E-state index contributed by atoms with van der Waals surface area (Å²) in [6.07, 6.45) is 1.67. The maximum Gasteiger partial charge on any atom is 0.270 e. The quantitative estimate of drug-likeness (QED) is 0.391. The number of methoxy groups -OCH3 is 1. The van der Waals surface area contributed by atoms with Crippen LogP contribution in [0.4, 0.5) is 10.1 Å². The molecule has 2 atom stereocenters. The maximum atomic E-state index is 13.8. The van der Waals surface area contributed by atoms with Crippen molar-refractivity contribution >= 4 is 16.7 Å². The summed E-state index contributed by atoms with van der Waals surface area (Å²) in [5.74, 6) is 0.165. The summed E-state index contributed by atoms with van der Waals surface area (Å²) in [5.41, 5.74) is 2.96. The van der Waals surface area contributed by atoms with Crippen LogP contribution < -0.4 is 15.2 Å². The first-order valence-corrected chi connectivity index (χ1v) is 12.5. The number of halogens is 1. The molecule has 5 rings (SSSR count). The molecule has 10 heteroatoms. The molecule has 1 saturated heterocycles. The number of hydrogen-bond donors (Lipinski definition) is 0. The second kappa shape index (κ2) is 10.5. The number of ether oxygens (including phenoxy) is 1. The van der Waals surface area contributed by atoms with E-state index in [0.29, 0.717) is 42.2 Å². The van der Waals surface area contributed by atoms with Crippen LogP contribution in [0.25, 0.3) is 11.0 Å². The molecule has 196 valence electrons. The van der Waals surface area contributed by atoms with E-state index in [9.17, 15) is 19.7 Å². The van der Waals surface area contributed by atoms with Crippen LogP contribution in [0, 0.1) is 28.5 Å². The molecule has 9 nitrogen and oxygen atoms in total. The molecule has 1 aliphatic heterocycles. The summed E-state index contributed by atoms with van der Waals surface area (Å²) in [6.45, 7) is 3.59. The highest BCUT2D eigenvalue weighted by atomic mass is 19.1. The van der Waals surface area contributed by atoms with Crippen molar-refractivity contribution in [3.8, 4) is 18.0 Å². The lowest BCUT2D eigenvalue weighted by molar-refractivity contribution is 0.147. The third kappa shape index (κ3) is 4.56. The van der Waals surface area contributed by atoms with Gasteiger partial charge in [0.2, 0.25) is 5.88 Å². The fraction of sp³-hybridized carbons (Fsp3) is 0.276. The van der Waals surface area contributed by atoms with Gasteiger partial charge in [0.15, 0.2) is 0 Å². The molecule has 0 bridgehead atoms. The van der Waals surface area contributed by atoms with Crippen molar-refractivity contribution in [2.24, 2.45) is 7.05 Å². The Bertz CT molecular complexity index is 1690. The van der Waals surface area contributed by atoms with Gasteiger partial charge in [-0.1, -0.05) is 18.2 Å². The van der Waals surface area contributed by atoms with Gasteiger partial charge in [-0.15, -0.1) is 0 Å². The topological polar surface area (TPSA) is 111 Å². The Morgan fingerprint density at radius 1 is 1.10 bits per heavy atom. The second-order valence-electron chi connectivity index (χ2n) is 9.46. The van der Waals surface area contributed by atoms with E-state index in [1.165, 1.54) is 16.7 Å². The number of rotatable bonds is 5. The largest absolute Gasteiger partial charge is 0.481 e. The van der Waals surface area contributed by atoms with Crippen LogP contribution in [0.1, 0.15) is 35.3 Å². The predicted molar refractivity (Wildman–Crippen MR) is 144 cm³/mol. The van der Waals surface area contributed by atoms with Crippen molar-refractivity contribution in [1.82, 2.24) is 19.4 Å². The summed E-state index contributed by atoms with van der Waals surface area (Å²) < 4.78 is 20.8. The number of pyridine rings is 3. The maximum absolute atomic E-state index is 13.8. The Kier molecular flexibility index (Phi) is 6.97. The van der Waals surface area contributed by atoms with E-state index < -0.39 is 5.56 Å². The molecule has 1 fully saturated rings. The smallest absolute Gasteiger partial charge is 0.270 e. The predicted octanol–water partition coefficient (Wildman–Crippen LogP) is 3.52. The Morgan fingerprint density at radius 3 is 2.54 bits per heavy atom. The normalized spacial score (nSPS) is 16.5. The van der Waals surface area contributed by atoms with Crippen molar-refractivity contribution in [2.75, 3.05) is 31.6 Å². The van der Waals surface area contributed by atoms with Gasteiger partial charge < -0.3 is 14.2 Å². The minimum atomic E-state index is -0.411. The number of benzene rings is 1. The van der Waals surface area contributed by atoms with E-state index in [4.69, 9.17) is 4.74 Å². The average Bonchev–Trinajstić information content (AvgIpc) is 2.96. The highest BCUT2D eigenvalue weighted by Crippen LogP contribution is 2.37. The number of anilines is 1. The van der Waals surface area contributed by atoms with E-state index in [0.717, 1.165) is 11.1 Å². The molecule has 0 saturated carbocycles. The molecular weight excluding hydrogens is 497 g/mol. The Balaban J connectivity index is 1.58. The minimum Gasteiger partial charge on any atom is -0.481 e. The first-order valence-electron chi connectivity index (χ1n) is 12.5. The first-order chi connectivity index (χ1) is 18.9. The molecular formula is C29H26FN7O2. The lowest BCUT2D eigenvalue weighted by Gasteiger charge is -2.45. The molecule has 0 aliphatic carbocycles. The van der Waals surface area contributed by atoms with E-state index in [-0.39, 0.29) is 29.2 Å². The Morgan fingerprint density at radius 2 is 1.87 bits per heavy atom. The van der Waals surface area contributed by atoms with Gasteiger partial charge in [-0.05, 0) is 42.8 Å². The molecule has 1 unspecified atom stereocenters. The molecule has 4 aromatic rings. The van der Waals surface area contributed by atoms with Crippen molar-refractivity contribution in [2.45, 2.75) is 19.0 Å². The van der Waals surface area contributed by atoms with Crippen LogP contribution >= 0.6 is 0 Å². The number of hydrogen-bond acceptors (Lipinski definition) is 8. The summed E-state index contributed by atoms with van der Waals surface area (Å²) >= 11 is 0. The fourth-order valence-corrected chi connectivity index (χ4v) is 5.40. The Hall–Kier alpha value is -4.80. The molecule has 4 heterocycles. The zero-order valence-electron chi connectivity index (χ0n) is 21.8. The van der Waals surface area contributed by atoms with E-state index in [1.54, 1.807) is 44.6 Å². The standard InChI is InChI=1S/C29H26FN7O2/c1-18-17-36(27-23(16-32)29(38)35(2)24-11-10-21(15-31)34-25(24)27)13-14-37(18)26(19-6-8-20(30)9-7-19)22-5-4-12-33-28(22)39-3/h4-12,18,26H,13-14,17H2,1-3H3/t18-,26?/m1/s1. The van der Waals surface area contributed by atoms with Gasteiger partial charge in [0.1, 0.15) is 34.7 Å². The third-order valence-electron chi connectivity index (χ3n) is 7.24. The van der Waals surface area contributed by atoms with Gasteiger partial charge in [-0.3, -0.25) is 9.69 Å². The van der Waals surface area contributed by atoms with Gasteiger partial charge in [-0.2, -0.15) is 10.5 Å². The van der Waals surface area contributed by atoms with Crippen LogP contribution in [-0.2, 0) is 7.05 Å². The molecule has 0 radical (unpaired) electrons. The lowest BCUT2D eigenvalue weighted by atomic mass is 9.95. The zero-order valence-corrected chi connectivity index (χ0v) is 21.8. The van der Waals surface area contributed by atoms with Crippen LogP contribution in [0.3, 0.4) is 0 Å². The zero-order chi connectivity index (χ0) is 27.7. The number of aromatic nitrogens is 3. The van der Waals surface area contributed by atoms with E-state index in [1.807, 2.05) is 17.0 Å². The van der Waals surface area contributed by atoms with Crippen LogP contribution in [0.2, 0.25) is 0 Å². The monoisotopic (exact) mass is 523 g/mol. The highest BCUT2D eigenvalue weighted by Gasteiger charge is 2.35. The van der Waals surface area contributed by atoms with Gasteiger partial charge in [0, 0.05) is 44.5 Å². The fourth-order valence-electron chi connectivity index (χ4n) is 5.40. The third-order valence-corrected chi connectivity index (χ3v) is 7.24. The highest BCUT2D eigenvalue weighted by molar-refractivity contribution is 5.92. The number of fused-ring (bicyclic) bond motifs is 1. The minimum absolute atomic E-state index is 0.00254. The summed E-state index contributed by atoms with van der Waals surface area (Å²) in [6, 6.07) is 17.2. The van der Waals surface area contributed by atoms with Crippen LogP contribution in [-0.4, -0.2) is 52.2 Å². The number of piperazine rings is 1. The van der Waals surface area contributed by atoms with Crippen molar-refractivity contribution < 1.29 is 9.13 Å². The first kappa shape index (κ1) is 25.8. The van der Waals surface area contributed by atoms with Crippen molar-refractivity contribution in [1.29, 1.82) is 10.5 Å². The molecule has 1 aromatic carbocycles. The summed E-state index contributed by atoms with van der Waals surface area (Å²) in [4.78, 5) is 26.3. The second-order valence-corrected chi connectivity index (χ2v) is 9.46. The molecule has 0 amide bonds. The number of nitrogens with zero attached hydrogens (tertiary/aromatic N) is 7. The average molecular weight is 524 g/mol. The SMILES string of the molecule is COc1ncccc1C(c1ccc(F)cc1)N1CCN(c2c(C#N)c(=O)n(C)c3ccc(C#N)nc23)C[C@H]1C. The van der Waals surface area contributed by atoms with E-state index >= 15 is 0 Å². The molecule has 1 aliphatic rings. The lowest BCUT2D eigenvalue weighted by Crippen LogP contribution is -2.53. The van der Waals surface area contributed by atoms with Crippen molar-refractivity contribution in [3.63, 3.8) is 0 Å². The van der Waals surface area contributed by atoms with Gasteiger partial charge in [-0.25, -0.2) is 14.4 Å². The molecule has 0 spiro atoms. The van der Waals surface area contributed by atoms with Crippen LogP contribution in [0.15, 0.2) is 59.5 Å². The number of aryl methyl sites for hydroxylation is 1. The summed E-state index contributed by atoms with van der Waals surface area (Å²) in [7, 11) is 3.17. The number of nitriles is 2. The van der Waals surface area contributed by atoms with Gasteiger partial charge in [0.05, 0.1) is 24.4 Å². The summed E-state index contributed by atoms with van der Waals surface area (Å²) in [5, 5.41) is 19.4. The Labute approximate surface area is 224 Å². The van der Waals surface area contributed by atoms with Gasteiger partial charge >= 0.3 is 0 Å². The van der Waals surface area contributed by atoms with E-state index in [2.05, 4.69) is 33.9 Å². The van der Waals surface area contributed by atoms with Gasteiger partial charge in [0.25, 0.3) is 5.56 Å². The van der Waals surface area contributed by atoms with Crippen molar-refractivity contribution in [3.05, 3.63) is 93.3 Å². The molecule has 3 aromatic heterocycles. The van der Waals surface area contributed by atoms with Crippen LogP contribution in [0.5, 0.6) is 5.88 Å². The molecule has 39 heavy (non-hydrogen) atoms.